The minimum absolute atomic E-state index is 0.0426. The van der Waals surface area contributed by atoms with Crippen LogP contribution in [0.4, 0.5) is 18.9 Å². The fourth-order valence-electron chi connectivity index (χ4n) is 3.28. The van der Waals surface area contributed by atoms with Crippen molar-refractivity contribution >= 4 is 28.5 Å². The van der Waals surface area contributed by atoms with Gasteiger partial charge >= 0.3 is 12.1 Å². The number of carbonyl (C=O) groups excluding carboxylic acids is 2. The van der Waals surface area contributed by atoms with Gasteiger partial charge in [0.05, 0.1) is 24.9 Å². The molecule has 0 spiro atoms. The van der Waals surface area contributed by atoms with Crippen molar-refractivity contribution in [1.29, 1.82) is 0 Å². The Morgan fingerprint density at radius 2 is 1.85 bits per heavy atom. The first-order chi connectivity index (χ1) is 15.8. The summed E-state index contributed by atoms with van der Waals surface area (Å²) in [7, 11) is 0. The average molecular weight is 458 g/mol. The van der Waals surface area contributed by atoms with Gasteiger partial charge in [0.2, 0.25) is 5.91 Å². The molecule has 170 valence electrons. The van der Waals surface area contributed by atoms with Crippen LogP contribution in [0.5, 0.6) is 0 Å². The number of alkyl halides is 3. The number of para-hydroxylation sites is 1. The van der Waals surface area contributed by atoms with Crippen molar-refractivity contribution in [2.45, 2.75) is 19.5 Å². The third kappa shape index (κ3) is 4.56. The molecule has 2 aromatic heterocycles. The molecule has 4 rings (SSSR count). The van der Waals surface area contributed by atoms with Crippen LogP contribution in [0.2, 0.25) is 0 Å². The fraction of sp³-hybridized carbons (Fsp3) is 0.182. The number of carbonyl (C=O) groups is 2. The van der Waals surface area contributed by atoms with Crippen molar-refractivity contribution in [2.24, 2.45) is 0 Å². The van der Waals surface area contributed by atoms with Crippen molar-refractivity contribution in [1.82, 2.24) is 14.9 Å². The van der Waals surface area contributed by atoms with E-state index in [1.165, 1.54) is 31.2 Å². The normalized spacial score (nSPS) is 11.5. The molecule has 2 heterocycles. The van der Waals surface area contributed by atoms with Gasteiger partial charge in [-0.1, -0.05) is 17.3 Å². The Kier molecular flexibility index (Phi) is 5.86. The lowest BCUT2D eigenvalue weighted by Crippen LogP contribution is -2.18. The molecule has 0 saturated heterocycles. The standard InChI is InChI=1S/C22H17F3N4O4/c1-2-32-21(31)16-12-26-29(20(16)22(23,24)25)14-9-7-13(8-10-14)27-19(30)11-17-15-5-3-4-6-18(15)33-28-17/h3-10,12H,2,11H2,1H3,(H,27,30). The monoisotopic (exact) mass is 458 g/mol. The van der Waals surface area contributed by atoms with Crippen LogP contribution in [-0.4, -0.2) is 33.4 Å². The molecule has 0 atom stereocenters. The lowest BCUT2D eigenvalue weighted by atomic mass is 10.1. The predicted molar refractivity (Wildman–Crippen MR) is 111 cm³/mol. The Labute approximate surface area is 184 Å². The second-order valence-corrected chi connectivity index (χ2v) is 6.93. The lowest BCUT2D eigenvalue weighted by Gasteiger charge is -2.13. The van der Waals surface area contributed by atoms with Crippen LogP contribution in [-0.2, 0) is 22.1 Å². The van der Waals surface area contributed by atoms with Crippen LogP contribution in [0.3, 0.4) is 0 Å². The lowest BCUT2D eigenvalue weighted by molar-refractivity contribution is -0.143. The van der Waals surface area contributed by atoms with Gasteiger partial charge in [0.1, 0.15) is 11.3 Å². The first-order valence-corrected chi connectivity index (χ1v) is 9.84. The second-order valence-electron chi connectivity index (χ2n) is 6.93. The molecule has 8 nitrogen and oxygen atoms in total. The van der Waals surface area contributed by atoms with Crippen LogP contribution >= 0.6 is 0 Å². The van der Waals surface area contributed by atoms with E-state index in [1.54, 1.807) is 24.3 Å². The molecule has 0 radical (unpaired) electrons. The number of esters is 1. The molecule has 1 N–H and O–H groups in total. The van der Waals surface area contributed by atoms with E-state index in [4.69, 9.17) is 9.26 Å². The fourth-order valence-corrected chi connectivity index (χ4v) is 3.28. The van der Waals surface area contributed by atoms with Gasteiger partial charge in [-0.15, -0.1) is 0 Å². The number of fused-ring (bicyclic) bond motifs is 1. The van der Waals surface area contributed by atoms with E-state index in [-0.39, 0.29) is 24.6 Å². The Hall–Kier alpha value is -4.15. The molecule has 33 heavy (non-hydrogen) atoms. The zero-order valence-corrected chi connectivity index (χ0v) is 17.2. The van der Waals surface area contributed by atoms with Crippen molar-refractivity contribution in [2.75, 3.05) is 11.9 Å². The van der Waals surface area contributed by atoms with Crippen LogP contribution < -0.4 is 5.32 Å². The summed E-state index contributed by atoms with van der Waals surface area (Å²) in [6, 6.07) is 12.7. The van der Waals surface area contributed by atoms with E-state index >= 15 is 0 Å². The number of benzene rings is 2. The number of nitrogens with zero attached hydrogens (tertiary/aromatic N) is 3. The largest absolute Gasteiger partial charge is 0.462 e. The van der Waals surface area contributed by atoms with Crippen molar-refractivity contribution < 1.29 is 32.0 Å². The maximum absolute atomic E-state index is 13.6. The second kappa shape index (κ2) is 8.77. The molecule has 1 amide bonds. The summed E-state index contributed by atoms with van der Waals surface area (Å²) >= 11 is 0. The number of hydrogen-bond acceptors (Lipinski definition) is 6. The molecule has 0 unspecified atom stereocenters. The Bertz CT molecular complexity index is 1310. The zero-order chi connectivity index (χ0) is 23.6. The Morgan fingerprint density at radius 3 is 2.55 bits per heavy atom. The molecular formula is C22H17F3N4O4. The van der Waals surface area contributed by atoms with Gasteiger partial charge in [-0.2, -0.15) is 18.3 Å². The van der Waals surface area contributed by atoms with Gasteiger partial charge in [-0.25, -0.2) is 9.48 Å². The summed E-state index contributed by atoms with van der Waals surface area (Å²) < 4.78 is 51.4. The smallest absolute Gasteiger partial charge is 0.434 e. The number of aromatic nitrogens is 3. The van der Waals surface area contributed by atoms with E-state index in [0.29, 0.717) is 21.6 Å². The molecule has 0 aliphatic rings. The minimum atomic E-state index is -4.84. The third-order valence-corrected chi connectivity index (χ3v) is 4.71. The van der Waals surface area contributed by atoms with Crippen molar-refractivity contribution in [3.8, 4) is 5.69 Å². The summed E-state index contributed by atoms with van der Waals surface area (Å²) in [5, 5.41) is 11.0. The van der Waals surface area contributed by atoms with Crippen molar-refractivity contribution in [3.05, 3.63) is 71.7 Å². The number of nitrogens with one attached hydrogen (secondary N) is 1. The van der Waals surface area contributed by atoms with Crippen LogP contribution in [0.1, 0.15) is 28.7 Å². The summed E-state index contributed by atoms with van der Waals surface area (Å²) in [6.07, 6.45) is -4.07. The maximum atomic E-state index is 13.6. The summed E-state index contributed by atoms with van der Waals surface area (Å²) in [5.74, 6) is -1.48. The topological polar surface area (TPSA) is 99.2 Å². The van der Waals surface area contributed by atoms with Crippen molar-refractivity contribution in [3.63, 3.8) is 0 Å². The first kappa shape index (κ1) is 22.1. The van der Waals surface area contributed by atoms with E-state index in [9.17, 15) is 22.8 Å². The quantitative estimate of drug-likeness (QED) is 0.430. The van der Waals surface area contributed by atoms with E-state index in [0.717, 1.165) is 11.6 Å². The molecule has 11 heteroatoms. The molecule has 4 aromatic rings. The highest BCUT2D eigenvalue weighted by atomic mass is 19.4. The minimum Gasteiger partial charge on any atom is -0.462 e. The van der Waals surface area contributed by atoms with Gasteiger partial charge in [0, 0.05) is 11.1 Å². The number of anilines is 1. The number of halogens is 3. The van der Waals surface area contributed by atoms with E-state index in [1.807, 2.05) is 0 Å². The molecule has 0 aliphatic carbocycles. The third-order valence-electron chi connectivity index (χ3n) is 4.71. The highest BCUT2D eigenvalue weighted by Crippen LogP contribution is 2.34. The van der Waals surface area contributed by atoms with Gasteiger partial charge < -0.3 is 14.6 Å². The van der Waals surface area contributed by atoms with Crippen LogP contribution in [0.15, 0.2) is 59.3 Å². The number of rotatable bonds is 6. The van der Waals surface area contributed by atoms with Gasteiger partial charge in [-0.3, -0.25) is 4.79 Å². The highest BCUT2D eigenvalue weighted by molar-refractivity contribution is 5.94. The summed E-state index contributed by atoms with van der Waals surface area (Å²) in [4.78, 5) is 24.3. The maximum Gasteiger partial charge on any atom is 0.434 e. The van der Waals surface area contributed by atoms with Crippen LogP contribution in [0, 0.1) is 0 Å². The molecule has 0 bridgehead atoms. The Balaban J connectivity index is 1.53. The number of amides is 1. The Morgan fingerprint density at radius 1 is 1.12 bits per heavy atom. The van der Waals surface area contributed by atoms with Gasteiger partial charge in [0.25, 0.3) is 0 Å². The van der Waals surface area contributed by atoms with E-state index in [2.05, 4.69) is 15.6 Å². The van der Waals surface area contributed by atoms with Gasteiger partial charge in [0.15, 0.2) is 11.3 Å². The van der Waals surface area contributed by atoms with Crippen LogP contribution in [0.25, 0.3) is 16.7 Å². The average Bonchev–Trinajstić information content (AvgIpc) is 3.39. The summed E-state index contributed by atoms with van der Waals surface area (Å²) in [6.45, 7) is 1.42. The molecule has 0 aliphatic heterocycles. The zero-order valence-electron chi connectivity index (χ0n) is 17.2. The number of hydrogen-bond donors (Lipinski definition) is 1. The SMILES string of the molecule is CCOC(=O)c1cnn(-c2ccc(NC(=O)Cc3noc4ccccc34)cc2)c1C(F)(F)F. The molecule has 0 saturated carbocycles. The molecule has 2 aromatic carbocycles. The number of ether oxygens (including phenoxy) is 1. The molecular weight excluding hydrogens is 441 g/mol. The predicted octanol–water partition coefficient (Wildman–Crippen LogP) is 4.39. The van der Waals surface area contributed by atoms with E-state index < -0.39 is 23.4 Å². The van der Waals surface area contributed by atoms with Gasteiger partial charge in [-0.05, 0) is 43.3 Å². The first-order valence-electron chi connectivity index (χ1n) is 9.84. The molecule has 0 fully saturated rings. The highest BCUT2D eigenvalue weighted by Gasteiger charge is 2.41. The summed E-state index contributed by atoms with van der Waals surface area (Å²) in [5.41, 5.74) is -0.470.